The molecule has 3 rings (SSSR count). The van der Waals surface area contributed by atoms with Crippen LogP contribution in [-0.4, -0.2) is 142 Å². The van der Waals surface area contributed by atoms with Gasteiger partial charge in [-0.05, 0) is 43.5 Å². The number of hydrogen-bond donors (Lipinski definition) is 15. The highest BCUT2D eigenvalue weighted by molar-refractivity contribution is 7.80. The van der Waals surface area contributed by atoms with E-state index in [-0.39, 0.29) is 54.6 Å². The Hall–Kier alpha value is -8.11. The number of hydrogen-bond acceptors (Lipinski definition) is 17. The van der Waals surface area contributed by atoms with Crippen molar-refractivity contribution in [3.05, 3.63) is 52.1 Å². The number of thiol groups is 1. The third-order valence-electron chi connectivity index (χ3n) is 8.79. The lowest BCUT2D eigenvalue weighted by molar-refractivity contribution is -0.143. The van der Waals surface area contributed by atoms with Gasteiger partial charge in [-0.15, -0.1) is 0 Å². The van der Waals surface area contributed by atoms with Gasteiger partial charge in [-0.3, -0.25) is 48.3 Å². The molecule has 0 bridgehead atoms. The first-order valence-corrected chi connectivity index (χ1v) is 19.7. The summed E-state index contributed by atoms with van der Waals surface area (Å²) in [6.07, 6.45) is -2.21. The number of nitrogens with one attached hydrogen (secondary N) is 7. The Kier molecular flexibility index (Phi) is 19.3. The number of carboxylic acid groups (broad SMARTS) is 4. The Morgan fingerprint density at radius 1 is 0.738 bits per heavy atom. The topological polar surface area (TPSA) is 469 Å². The van der Waals surface area contributed by atoms with Crippen LogP contribution in [0.15, 0.2) is 40.2 Å². The molecule has 0 aliphatic carbocycles. The van der Waals surface area contributed by atoms with Gasteiger partial charge in [0.1, 0.15) is 30.2 Å². The number of nitrogen functional groups attached to an aromatic ring is 1. The van der Waals surface area contributed by atoms with Crippen LogP contribution in [0.1, 0.15) is 54.6 Å². The van der Waals surface area contributed by atoms with E-state index in [1.807, 2.05) is 5.32 Å². The number of carboxylic acids is 4. The molecule has 0 fully saturated rings. The molecule has 5 atom stereocenters. The van der Waals surface area contributed by atoms with Crippen LogP contribution >= 0.6 is 12.6 Å². The SMILES string of the molecule is NC(N)=NCCC[C@H](NC(=O)[C@H](CC(=O)O)NC(=O)CC[C@H](NC(=O)c1ccc(NCc2cnc3nc(N)[nH]c(=O)c3n2)cc1)C(=O)O)C(=O)N[C@@H](CC(=O)O)C(=O)N[C@H](CS)C(=O)O. The first-order valence-electron chi connectivity index (χ1n) is 19.1. The van der Waals surface area contributed by atoms with Crippen LogP contribution in [0, 0.1) is 0 Å². The zero-order valence-corrected chi connectivity index (χ0v) is 34.9. The molecule has 0 saturated heterocycles. The number of rotatable bonds is 26. The summed E-state index contributed by atoms with van der Waals surface area (Å²) >= 11 is 3.82. The number of aromatic nitrogens is 4. The van der Waals surface area contributed by atoms with Crippen molar-refractivity contribution < 1.29 is 63.6 Å². The Bertz CT molecular complexity index is 2360. The molecule has 2 heterocycles. The number of nitrogens with two attached hydrogens (primary N) is 3. The summed E-state index contributed by atoms with van der Waals surface area (Å²) in [5.74, 6) is -12.6. The average Bonchev–Trinajstić information content (AvgIpc) is 3.23. The van der Waals surface area contributed by atoms with E-state index in [1.165, 1.54) is 30.5 Å². The third kappa shape index (κ3) is 16.9. The minimum Gasteiger partial charge on any atom is -0.481 e. The lowest BCUT2D eigenvalue weighted by Gasteiger charge is -2.25. The van der Waals surface area contributed by atoms with E-state index in [4.69, 9.17) is 17.2 Å². The van der Waals surface area contributed by atoms with Crippen LogP contribution in [0.25, 0.3) is 11.2 Å². The van der Waals surface area contributed by atoms with Gasteiger partial charge in [0.05, 0.1) is 31.3 Å². The number of fused-ring (bicyclic) bond motifs is 1. The third-order valence-corrected chi connectivity index (χ3v) is 9.15. The first kappa shape index (κ1) is 51.2. The molecule has 1 aromatic carbocycles. The summed E-state index contributed by atoms with van der Waals surface area (Å²) in [5, 5.41) is 51.8. The summed E-state index contributed by atoms with van der Waals surface area (Å²) in [7, 11) is 0. The molecule has 0 unspecified atom stereocenters. The largest absolute Gasteiger partial charge is 0.481 e. The highest BCUT2D eigenvalue weighted by atomic mass is 32.1. The van der Waals surface area contributed by atoms with Gasteiger partial charge in [0, 0.05) is 30.0 Å². The number of aromatic amines is 1. The summed E-state index contributed by atoms with van der Waals surface area (Å²) < 4.78 is 0. The van der Waals surface area contributed by atoms with Crippen LogP contribution in [0.2, 0.25) is 0 Å². The maximum atomic E-state index is 13.4. The van der Waals surface area contributed by atoms with Crippen molar-refractivity contribution in [1.82, 2.24) is 46.5 Å². The number of anilines is 2. The monoisotopic (exact) mass is 930 g/mol. The maximum absolute atomic E-state index is 13.4. The summed E-state index contributed by atoms with van der Waals surface area (Å²) in [4.78, 5) is 143. The quantitative estimate of drug-likeness (QED) is 0.0157. The average molecular weight is 931 g/mol. The highest BCUT2D eigenvalue weighted by Crippen LogP contribution is 2.13. The number of amides is 5. The van der Waals surface area contributed by atoms with Gasteiger partial charge < -0.3 is 69.5 Å². The fourth-order valence-electron chi connectivity index (χ4n) is 5.57. The lowest BCUT2D eigenvalue weighted by Crippen LogP contribution is -2.58. The molecule has 29 heteroatoms. The minimum atomic E-state index is -1.88. The minimum absolute atomic E-state index is 0.0208. The molecule has 0 radical (unpaired) electrons. The fraction of sp³-hybridized carbons (Fsp3) is 0.389. The zero-order chi connectivity index (χ0) is 48.4. The van der Waals surface area contributed by atoms with Gasteiger partial charge in [-0.1, -0.05) is 0 Å². The fourth-order valence-corrected chi connectivity index (χ4v) is 5.82. The predicted octanol–water partition coefficient (Wildman–Crippen LogP) is -4.17. The van der Waals surface area contributed by atoms with Crippen LogP contribution in [0.5, 0.6) is 0 Å². The normalized spacial score (nSPS) is 13.1. The van der Waals surface area contributed by atoms with Crippen LogP contribution < -0.4 is 54.7 Å². The number of benzene rings is 1. The predicted molar refractivity (Wildman–Crippen MR) is 228 cm³/mol. The molecule has 65 heavy (non-hydrogen) atoms. The zero-order valence-electron chi connectivity index (χ0n) is 34.0. The van der Waals surface area contributed by atoms with Crippen molar-refractivity contribution in [1.29, 1.82) is 0 Å². The molecule has 3 aromatic rings. The smallest absolute Gasteiger partial charge is 0.327 e. The van der Waals surface area contributed by atoms with E-state index in [0.29, 0.717) is 11.4 Å². The number of nitrogens with zero attached hydrogens (tertiary/aromatic N) is 4. The number of H-pyrrole nitrogens is 1. The Morgan fingerprint density at radius 3 is 1.88 bits per heavy atom. The summed E-state index contributed by atoms with van der Waals surface area (Å²) in [6, 6.07) is -2.87. The van der Waals surface area contributed by atoms with Gasteiger partial charge in [-0.25, -0.2) is 19.6 Å². The van der Waals surface area contributed by atoms with E-state index in [9.17, 15) is 68.4 Å². The lowest BCUT2D eigenvalue weighted by atomic mass is 10.1. The van der Waals surface area contributed by atoms with Crippen molar-refractivity contribution >= 4 is 94.8 Å². The second-order valence-electron chi connectivity index (χ2n) is 13.8. The molecular formula is C36H46N14O14S. The number of carbonyl (C=O) groups is 9. The number of guanidine groups is 1. The molecule has 0 spiro atoms. The van der Waals surface area contributed by atoms with Gasteiger partial charge in [0.2, 0.25) is 29.6 Å². The number of carbonyl (C=O) groups excluding carboxylic acids is 5. The van der Waals surface area contributed by atoms with Gasteiger partial charge in [0.15, 0.2) is 17.1 Å². The first-order chi connectivity index (χ1) is 30.7. The van der Waals surface area contributed by atoms with Crippen molar-refractivity contribution in [2.24, 2.45) is 16.5 Å². The van der Waals surface area contributed by atoms with E-state index < -0.39 is 121 Å². The second kappa shape index (κ2) is 24.5. The van der Waals surface area contributed by atoms with Crippen molar-refractivity contribution in [2.45, 2.75) is 75.3 Å². The van der Waals surface area contributed by atoms with E-state index in [1.54, 1.807) is 0 Å². The highest BCUT2D eigenvalue weighted by Gasteiger charge is 2.33. The molecule has 0 aliphatic heterocycles. The number of aliphatic imine (C=N–C) groups is 1. The van der Waals surface area contributed by atoms with Gasteiger partial charge >= 0.3 is 23.9 Å². The van der Waals surface area contributed by atoms with Crippen LogP contribution in [0.3, 0.4) is 0 Å². The van der Waals surface area contributed by atoms with Gasteiger partial charge in [0.25, 0.3) is 11.5 Å². The van der Waals surface area contributed by atoms with E-state index >= 15 is 0 Å². The molecule has 28 nitrogen and oxygen atoms in total. The van der Waals surface area contributed by atoms with Crippen LogP contribution in [-0.2, 0) is 44.9 Å². The molecule has 5 amide bonds. The molecule has 0 aliphatic rings. The molecule has 350 valence electrons. The number of aliphatic carboxylic acids is 4. The molecule has 17 N–H and O–H groups in total. The second-order valence-corrected chi connectivity index (χ2v) is 14.2. The van der Waals surface area contributed by atoms with E-state index in [2.05, 4.69) is 64.1 Å². The summed E-state index contributed by atoms with van der Waals surface area (Å²) in [6.45, 7) is 0.0166. The van der Waals surface area contributed by atoms with Gasteiger partial charge in [-0.2, -0.15) is 17.6 Å². The van der Waals surface area contributed by atoms with Crippen molar-refractivity contribution in [2.75, 3.05) is 23.3 Å². The Labute approximate surface area is 371 Å². The van der Waals surface area contributed by atoms with E-state index in [0.717, 1.165) is 0 Å². The molecular weight excluding hydrogens is 885 g/mol. The Balaban J connectivity index is 1.66. The molecule has 0 saturated carbocycles. The molecule has 2 aromatic heterocycles. The Morgan fingerprint density at radius 2 is 1.31 bits per heavy atom. The summed E-state index contributed by atoms with van der Waals surface area (Å²) in [5.41, 5.74) is 16.5. The van der Waals surface area contributed by atoms with Crippen molar-refractivity contribution in [3.63, 3.8) is 0 Å². The maximum Gasteiger partial charge on any atom is 0.327 e. The van der Waals surface area contributed by atoms with Crippen molar-refractivity contribution in [3.8, 4) is 0 Å². The van der Waals surface area contributed by atoms with Crippen LogP contribution in [0.4, 0.5) is 11.6 Å². The standard InChI is InChI=1S/C36H46N14O14S/c37-35(38)40-9-1-2-18(29(57)47-21(11-25(54)55)31(59)48-22(14-65)34(63)64)45-30(58)20(10-24(52)53)44-23(51)8-7-19(33(61)62)46-28(56)15-3-5-16(6-4-15)41-12-17-13-42-27-26(43-17)32(60)50-36(39)49-27/h3-6,13,18-22,41,65H,1-2,7-12,14H2,(H,44,51)(H,45,58)(H,46,56)(H,47,57)(H,48,59)(H,52,53)(H,54,55)(H,61,62)(H,63,64)(H4,37,38,40)(H3,39,42,49,50,60)/t18-,19-,20-,21-,22+/m0/s1.